The molecule has 0 spiro atoms. The third-order valence-electron chi connectivity index (χ3n) is 5.03. The van der Waals surface area contributed by atoms with Crippen molar-refractivity contribution in [3.05, 3.63) is 29.3 Å². The van der Waals surface area contributed by atoms with Crippen LogP contribution in [0.1, 0.15) is 24.0 Å². The molecule has 6 heteroatoms. The van der Waals surface area contributed by atoms with Crippen LogP contribution in [-0.4, -0.2) is 68.5 Å². The molecule has 0 bridgehead atoms. The van der Waals surface area contributed by atoms with E-state index in [0.717, 1.165) is 53.8 Å². The summed E-state index contributed by atoms with van der Waals surface area (Å²) in [5, 5.41) is 0. The molecule has 1 aromatic rings. The van der Waals surface area contributed by atoms with E-state index >= 15 is 0 Å². The highest BCUT2D eigenvalue weighted by Crippen LogP contribution is 2.23. The number of benzene rings is 1. The van der Waals surface area contributed by atoms with Gasteiger partial charge in [-0.15, -0.1) is 0 Å². The maximum Gasteiger partial charge on any atom is 0.401 e. The second kappa shape index (κ2) is 8.41. The minimum absolute atomic E-state index is 0.519. The van der Waals surface area contributed by atoms with Crippen molar-refractivity contribution >= 4 is 0 Å². The van der Waals surface area contributed by atoms with Gasteiger partial charge in [0.2, 0.25) is 0 Å². The standard InChI is InChI=1S/C19H30F3N2O/c1-16-7-4-8-17(2)18(16)25-14-13-24(3)11-5-9-23(10-6-12-24)15-19(20,21)22/h4,7-8H,5-6,9-15H2,1-3H3/q+1. The van der Waals surface area contributed by atoms with Gasteiger partial charge in [0.25, 0.3) is 0 Å². The van der Waals surface area contributed by atoms with Gasteiger partial charge < -0.3 is 9.22 Å². The lowest BCUT2D eigenvalue weighted by Gasteiger charge is -2.38. The van der Waals surface area contributed by atoms with E-state index in [1.807, 2.05) is 32.0 Å². The molecule has 3 nitrogen and oxygen atoms in total. The van der Waals surface area contributed by atoms with Gasteiger partial charge in [0.15, 0.2) is 0 Å². The zero-order valence-electron chi connectivity index (χ0n) is 15.5. The third-order valence-corrected chi connectivity index (χ3v) is 5.03. The molecule has 0 radical (unpaired) electrons. The number of ether oxygens (including phenoxy) is 1. The van der Waals surface area contributed by atoms with Gasteiger partial charge in [-0.2, -0.15) is 13.2 Å². The fourth-order valence-electron chi connectivity index (χ4n) is 3.61. The van der Waals surface area contributed by atoms with Crippen LogP contribution in [-0.2, 0) is 0 Å². The normalized spacial score (nSPS) is 19.3. The van der Waals surface area contributed by atoms with Gasteiger partial charge in [-0.3, -0.25) is 4.90 Å². The molecule has 0 N–H and O–H groups in total. The summed E-state index contributed by atoms with van der Waals surface area (Å²) in [7, 11) is 2.19. The summed E-state index contributed by atoms with van der Waals surface area (Å²) in [5.74, 6) is 0.956. The number of quaternary nitrogens is 1. The summed E-state index contributed by atoms with van der Waals surface area (Å²) in [6.45, 7) is 7.65. The van der Waals surface area contributed by atoms with Crippen LogP contribution < -0.4 is 4.74 Å². The van der Waals surface area contributed by atoms with Crippen LogP contribution in [0.3, 0.4) is 0 Å². The first-order valence-electron chi connectivity index (χ1n) is 9.00. The topological polar surface area (TPSA) is 12.5 Å². The zero-order valence-corrected chi connectivity index (χ0v) is 15.5. The van der Waals surface area contributed by atoms with E-state index < -0.39 is 12.7 Å². The number of hydrogen-bond donors (Lipinski definition) is 0. The van der Waals surface area contributed by atoms with E-state index in [0.29, 0.717) is 19.7 Å². The predicted octanol–water partition coefficient (Wildman–Crippen LogP) is 3.79. The minimum atomic E-state index is -4.10. The van der Waals surface area contributed by atoms with Crippen LogP contribution in [0.15, 0.2) is 18.2 Å². The zero-order chi connectivity index (χ0) is 18.5. The Morgan fingerprint density at radius 1 is 1.08 bits per heavy atom. The second-order valence-electron chi connectivity index (χ2n) is 7.46. The quantitative estimate of drug-likeness (QED) is 0.742. The van der Waals surface area contributed by atoms with Crippen molar-refractivity contribution in [3.63, 3.8) is 0 Å². The Hall–Kier alpha value is -1.27. The van der Waals surface area contributed by atoms with Gasteiger partial charge in [0, 0.05) is 25.9 Å². The fraction of sp³-hybridized carbons (Fsp3) is 0.684. The van der Waals surface area contributed by atoms with Gasteiger partial charge >= 0.3 is 6.18 Å². The van der Waals surface area contributed by atoms with E-state index in [-0.39, 0.29) is 0 Å². The molecule has 0 saturated carbocycles. The van der Waals surface area contributed by atoms with Crippen LogP contribution in [0.25, 0.3) is 0 Å². The van der Waals surface area contributed by atoms with Gasteiger partial charge in [-0.05, 0) is 25.0 Å². The summed E-state index contributed by atoms with van der Waals surface area (Å²) < 4.78 is 44.6. The van der Waals surface area contributed by atoms with Gasteiger partial charge in [0.05, 0.1) is 26.7 Å². The molecule has 1 heterocycles. The van der Waals surface area contributed by atoms with Crippen LogP contribution >= 0.6 is 0 Å². The minimum Gasteiger partial charge on any atom is -0.487 e. The van der Waals surface area contributed by atoms with Crippen molar-refractivity contribution in [2.75, 3.05) is 52.9 Å². The lowest BCUT2D eigenvalue weighted by atomic mass is 10.1. The smallest absolute Gasteiger partial charge is 0.401 e. The summed E-state index contributed by atoms with van der Waals surface area (Å²) in [6.07, 6.45) is -2.53. The lowest BCUT2D eigenvalue weighted by molar-refractivity contribution is -0.910. The summed E-state index contributed by atoms with van der Waals surface area (Å²) in [6, 6.07) is 6.12. The molecule has 25 heavy (non-hydrogen) atoms. The first-order chi connectivity index (χ1) is 11.7. The molecule has 1 fully saturated rings. The predicted molar refractivity (Wildman–Crippen MR) is 93.9 cm³/mol. The molecule has 2 rings (SSSR count). The van der Waals surface area contributed by atoms with Crippen molar-refractivity contribution in [3.8, 4) is 5.75 Å². The van der Waals surface area contributed by atoms with E-state index in [9.17, 15) is 13.2 Å². The van der Waals surface area contributed by atoms with E-state index in [1.54, 1.807) is 0 Å². The van der Waals surface area contributed by atoms with Crippen LogP contribution in [0, 0.1) is 13.8 Å². The highest BCUT2D eigenvalue weighted by atomic mass is 19.4. The first kappa shape index (κ1) is 20.0. The first-order valence-corrected chi connectivity index (χ1v) is 9.00. The van der Waals surface area contributed by atoms with Crippen LogP contribution in [0.5, 0.6) is 5.75 Å². The number of hydrogen-bond acceptors (Lipinski definition) is 2. The Bertz CT molecular complexity index is 530. The van der Waals surface area contributed by atoms with Crippen molar-refractivity contribution in [2.24, 2.45) is 0 Å². The molecule has 1 aliphatic rings. The highest BCUT2D eigenvalue weighted by molar-refractivity contribution is 5.39. The number of nitrogens with zero attached hydrogens (tertiary/aromatic N) is 2. The Balaban J connectivity index is 1.82. The molecule has 0 aromatic heterocycles. The number of aryl methyl sites for hydroxylation is 2. The fourth-order valence-corrected chi connectivity index (χ4v) is 3.61. The van der Waals surface area contributed by atoms with Crippen molar-refractivity contribution in [1.29, 1.82) is 0 Å². The molecule has 0 aliphatic carbocycles. The van der Waals surface area contributed by atoms with Crippen molar-refractivity contribution < 1.29 is 22.4 Å². The number of halogens is 3. The lowest BCUT2D eigenvalue weighted by Crippen LogP contribution is -2.51. The molecule has 0 unspecified atom stereocenters. The number of likely N-dealkylation sites (N-methyl/N-ethyl adjacent to an activating group) is 1. The molecule has 0 amide bonds. The number of para-hydroxylation sites is 1. The highest BCUT2D eigenvalue weighted by Gasteiger charge is 2.32. The van der Waals surface area contributed by atoms with Gasteiger partial charge in [-0.1, -0.05) is 18.2 Å². The van der Waals surface area contributed by atoms with Crippen molar-refractivity contribution in [1.82, 2.24) is 4.90 Å². The van der Waals surface area contributed by atoms with Gasteiger partial charge in [-0.25, -0.2) is 0 Å². The average Bonchev–Trinajstić information content (AvgIpc) is 2.47. The van der Waals surface area contributed by atoms with E-state index in [4.69, 9.17) is 4.74 Å². The Morgan fingerprint density at radius 2 is 1.64 bits per heavy atom. The SMILES string of the molecule is Cc1cccc(C)c1OCC[N+]1(C)CCCN(CC(F)(F)F)CCC1. The summed E-state index contributed by atoms with van der Waals surface area (Å²) in [5.41, 5.74) is 2.27. The Kier molecular flexibility index (Phi) is 6.74. The number of rotatable bonds is 5. The molecule has 1 saturated heterocycles. The molecular formula is C19H30F3N2O+. The Morgan fingerprint density at radius 3 is 2.16 bits per heavy atom. The second-order valence-corrected chi connectivity index (χ2v) is 7.46. The van der Waals surface area contributed by atoms with Crippen molar-refractivity contribution in [2.45, 2.75) is 32.9 Å². The maximum absolute atomic E-state index is 12.6. The molecule has 142 valence electrons. The molecular weight excluding hydrogens is 329 g/mol. The van der Waals surface area contributed by atoms with Gasteiger partial charge in [0.1, 0.15) is 18.9 Å². The van der Waals surface area contributed by atoms with E-state index in [2.05, 4.69) is 7.05 Å². The largest absolute Gasteiger partial charge is 0.487 e. The summed E-state index contributed by atoms with van der Waals surface area (Å²) >= 11 is 0. The monoisotopic (exact) mass is 359 g/mol. The third kappa shape index (κ3) is 6.51. The summed E-state index contributed by atoms with van der Waals surface area (Å²) in [4.78, 5) is 1.54. The van der Waals surface area contributed by atoms with Crippen LogP contribution in [0.4, 0.5) is 13.2 Å². The number of alkyl halides is 3. The molecule has 0 atom stereocenters. The molecule has 1 aromatic carbocycles. The Labute approximate surface area is 149 Å². The average molecular weight is 359 g/mol. The molecule has 1 aliphatic heterocycles. The maximum atomic E-state index is 12.6. The van der Waals surface area contributed by atoms with Crippen LogP contribution in [0.2, 0.25) is 0 Å². The van der Waals surface area contributed by atoms with E-state index in [1.165, 1.54) is 4.90 Å².